The molecule has 2 aromatic rings. The first kappa shape index (κ1) is 32.3. The van der Waals surface area contributed by atoms with E-state index in [1.807, 2.05) is 52.8 Å². The van der Waals surface area contributed by atoms with Crippen LogP contribution in [0.15, 0.2) is 35.7 Å². The van der Waals surface area contributed by atoms with Crippen molar-refractivity contribution in [3.05, 3.63) is 52.0 Å². The highest BCUT2D eigenvalue weighted by Gasteiger charge is 2.32. The summed E-state index contributed by atoms with van der Waals surface area (Å²) in [5.74, 6) is -0.248. The van der Waals surface area contributed by atoms with E-state index in [1.54, 1.807) is 17.3 Å². The molecule has 0 aliphatic rings. The summed E-state index contributed by atoms with van der Waals surface area (Å²) >= 11 is 1.27. The van der Waals surface area contributed by atoms with Gasteiger partial charge in [-0.2, -0.15) is 0 Å². The molecule has 39 heavy (non-hydrogen) atoms. The number of rotatable bonds is 12. The van der Waals surface area contributed by atoms with Gasteiger partial charge in [0.2, 0.25) is 0 Å². The molecule has 1 heterocycles. The maximum absolute atomic E-state index is 13.2. The van der Waals surface area contributed by atoms with Crippen molar-refractivity contribution in [1.82, 2.24) is 15.2 Å². The second-order valence-corrected chi connectivity index (χ2v) is 12.7. The monoisotopic (exact) mass is 559 g/mol. The molecule has 0 bridgehead atoms. The summed E-state index contributed by atoms with van der Waals surface area (Å²) < 4.78 is 11.2. The van der Waals surface area contributed by atoms with Gasteiger partial charge in [0.25, 0.3) is 5.91 Å². The largest absolute Gasteiger partial charge is 0.455 e. The van der Waals surface area contributed by atoms with Gasteiger partial charge in [-0.25, -0.2) is 9.78 Å². The molecule has 0 unspecified atom stereocenters. The molecule has 2 rings (SSSR count). The van der Waals surface area contributed by atoms with Crippen LogP contribution in [0, 0.1) is 11.8 Å². The Balaban J connectivity index is 2.22. The predicted octanol–water partition coefficient (Wildman–Crippen LogP) is 6.42. The molecular weight excluding hydrogens is 514 g/mol. The number of hydrogen-bond donors (Lipinski definition) is 1. The van der Waals surface area contributed by atoms with Crippen LogP contribution in [0.1, 0.15) is 95.4 Å². The molecule has 0 spiro atoms. The first-order valence-electron chi connectivity index (χ1n) is 13.6. The van der Waals surface area contributed by atoms with E-state index >= 15 is 0 Å². The number of thiazole rings is 1. The Morgan fingerprint density at radius 2 is 1.69 bits per heavy atom. The van der Waals surface area contributed by atoms with Crippen LogP contribution >= 0.6 is 11.3 Å². The second-order valence-electron chi connectivity index (χ2n) is 11.8. The zero-order valence-corrected chi connectivity index (χ0v) is 25.6. The van der Waals surface area contributed by atoms with E-state index in [4.69, 9.17) is 9.47 Å². The molecule has 0 aliphatic heterocycles. The molecule has 0 aliphatic carbocycles. The van der Waals surface area contributed by atoms with Gasteiger partial charge in [-0.1, -0.05) is 58.0 Å². The molecule has 0 fully saturated rings. The van der Waals surface area contributed by atoms with Crippen molar-refractivity contribution in [2.75, 3.05) is 7.05 Å². The lowest BCUT2D eigenvalue weighted by Gasteiger charge is -2.34. The second kappa shape index (κ2) is 14.4. The predicted molar refractivity (Wildman–Crippen MR) is 155 cm³/mol. The Bertz CT molecular complexity index is 1080. The van der Waals surface area contributed by atoms with Crippen LogP contribution in [0.5, 0.6) is 0 Å². The fourth-order valence-corrected chi connectivity index (χ4v) is 5.27. The topological polar surface area (TPSA) is 97.8 Å². The number of nitrogens with zero attached hydrogens (tertiary/aromatic N) is 2. The Hall–Kier alpha value is -2.94. The highest BCUT2D eigenvalue weighted by molar-refractivity contribution is 7.09. The lowest BCUT2D eigenvalue weighted by molar-refractivity contribution is -0.147. The van der Waals surface area contributed by atoms with Crippen LogP contribution in [0.25, 0.3) is 0 Å². The average molecular weight is 560 g/mol. The summed E-state index contributed by atoms with van der Waals surface area (Å²) in [4.78, 5) is 44.1. The van der Waals surface area contributed by atoms with Crippen LogP contribution in [-0.4, -0.2) is 52.6 Å². The van der Waals surface area contributed by atoms with Crippen molar-refractivity contribution in [3.8, 4) is 0 Å². The Morgan fingerprint density at radius 1 is 1.05 bits per heavy atom. The lowest BCUT2D eigenvalue weighted by atomic mass is 9.96. The summed E-state index contributed by atoms with van der Waals surface area (Å²) in [6.07, 6.45) is 0.732. The Morgan fingerprint density at radius 3 is 2.23 bits per heavy atom. The maximum atomic E-state index is 13.2. The van der Waals surface area contributed by atoms with E-state index in [1.165, 1.54) is 18.3 Å². The van der Waals surface area contributed by atoms with Gasteiger partial charge in [-0.15, -0.1) is 11.3 Å². The van der Waals surface area contributed by atoms with Crippen LogP contribution in [-0.2, 0) is 20.7 Å². The number of carbonyl (C=O) groups excluding carboxylic acids is 3. The van der Waals surface area contributed by atoms with Crippen molar-refractivity contribution >= 4 is 29.3 Å². The molecule has 1 aromatic carbocycles. The number of amides is 2. The van der Waals surface area contributed by atoms with E-state index in [0.717, 1.165) is 18.4 Å². The molecule has 216 valence electrons. The number of esters is 1. The standard InChI is InChI=1S/C30H45N3O5S/c1-19(2)15-23(16-22-13-11-10-12-14-22)31-27(35)24-18-39-28(32-24)26(37-21(5)34)17-25(20(3)4)33(9)29(36)38-30(6,7)8/h10-14,18-20,23,25-26H,15-17H2,1-9H3,(H,31,35)/t23-,25-,26-/m1/s1. The number of nitrogens with one attached hydrogen (secondary N) is 1. The molecule has 2 amide bonds. The summed E-state index contributed by atoms with van der Waals surface area (Å²) in [6.45, 7) is 15.1. The van der Waals surface area contributed by atoms with Gasteiger partial charge in [0, 0.05) is 37.9 Å². The van der Waals surface area contributed by atoms with Gasteiger partial charge in [0.15, 0.2) is 6.10 Å². The zero-order chi connectivity index (χ0) is 29.3. The number of aromatic nitrogens is 1. The minimum Gasteiger partial charge on any atom is -0.455 e. The molecule has 0 saturated heterocycles. The SMILES string of the molecule is CC(=O)O[C@H](C[C@H](C(C)C)N(C)C(=O)OC(C)(C)C)c1nc(C(=O)N[C@@H](Cc2ccccc2)CC(C)C)cs1. The molecular formula is C30H45N3O5S. The summed E-state index contributed by atoms with van der Waals surface area (Å²) in [6, 6.07) is 9.76. The van der Waals surface area contributed by atoms with Crippen LogP contribution in [0.2, 0.25) is 0 Å². The van der Waals surface area contributed by atoms with Crippen LogP contribution in [0.3, 0.4) is 0 Å². The third-order valence-corrected chi connectivity index (χ3v) is 7.10. The molecule has 3 atom stereocenters. The van der Waals surface area contributed by atoms with Gasteiger partial charge in [0.05, 0.1) is 0 Å². The van der Waals surface area contributed by atoms with E-state index < -0.39 is 23.8 Å². The third kappa shape index (κ3) is 11.0. The quantitative estimate of drug-likeness (QED) is 0.302. The summed E-state index contributed by atoms with van der Waals surface area (Å²) in [7, 11) is 1.69. The van der Waals surface area contributed by atoms with Gasteiger partial charge in [-0.3, -0.25) is 9.59 Å². The van der Waals surface area contributed by atoms with Crippen molar-refractivity contribution in [2.24, 2.45) is 11.8 Å². The summed E-state index contributed by atoms with van der Waals surface area (Å²) in [5, 5.41) is 5.36. The number of benzene rings is 1. The van der Waals surface area contributed by atoms with Crippen molar-refractivity contribution < 1.29 is 23.9 Å². The minimum absolute atomic E-state index is 0.0397. The van der Waals surface area contributed by atoms with Gasteiger partial charge in [-0.05, 0) is 51.0 Å². The van der Waals surface area contributed by atoms with Crippen LogP contribution in [0.4, 0.5) is 4.79 Å². The highest BCUT2D eigenvalue weighted by Crippen LogP contribution is 2.31. The van der Waals surface area contributed by atoms with Gasteiger partial charge in [0.1, 0.15) is 16.3 Å². The van der Waals surface area contributed by atoms with Crippen molar-refractivity contribution in [3.63, 3.8) is 0 Å². The van der Waals surface area contributed by atoms with Crippen LogP contribution < -0.4 is 5.32 Å². The molecule has 8 nitrogen and oxygen atoms in total. The van der Waals surface area contributed by atoms with Crippen molar-refractivity contribution in [2.45, 2.75) is 98.4 Å². The smallest absolute Gasteiger partial charge is 0.410 e. The van der Waals surface area contributed by atoms with Gasteiger partial charge < -0.3 is 19.7 Å². The minimum atomic E-state index is -0.706. The maximum Gasteiger partial charge on any atom is 0.410 e. The molecule has 0 radical (unpaired) electrons. The lowest BCUT2D eigenvalue weighted by Crippen LogP contribution is -2.44. The van der Waals surface area contributed by atoms with E-state index in [0.29, 0.717) is 17.3 Å². The molecule has 9 heteroatoms. The molecule has 1 aromatic heterocycles. The van der Waals surface area contributed by atoms with E-state index in [9.17, 15) is 14.4 Å². The number of ether oxygens (including phenoxy) is 2. The number of carbonyl (C=O) groups is 3. The van der Waals surface area contributed by atoms with Gasteiger partial charge >= 0.3 is 12.1 Å². The van der Waals surface area contributed by atoms with E-state index in [2.05, 4.69) is 36.3 Å². The summed E-state index contributed by atoms with van der Waals surface area (Å²) in [5.41, 5.74) is 0.815. The molecule has 1 N–H and O–H groups in total. The third-order valence-electron chi connectivity index (χ3n) is 6.16. The number of hydrogen-bond acceptors (Lipinski definition) is 7. The first-order valence-corrected chi connectivity index (χ1v) is 14.5. The Kier molecular flexibility index (Phi) is 12.0. The fraction of sp³-hybridized carbons (Fsp3) is 0.600. The normalized spacial score (nSPS) is 14.0. The highest BCUT2D eigenvalue weighted by atomic mass is 32.1. The zero-order valence-electron chi connectivity index (χ0n) is 24.8. The van der Waals surface area contributed by atoms with E-state index in [-0.39, 0.29) is 29.6 Å². The average Bonchev–Trinajstić information content (AvgIpc) is 3.30. The Labute approximate surface area is 237 Å². The first-order chi connectivity index (χ1) is 18.2. The fourth-order valence-electron chi connectivity index (χ4n) is 4.43. The van der Waals surface area contributed by atoms with Crippen molar-refractivity contribution in [1.29, 1.82) is 0 Å². The molecule has 0 saturated carbocycles.